The maximum Gasteiger partial charge on any atom is 0.252 e. The second kappa shape index (κ2) is 13.3. The number of hydrogen-bond acceptors (Lipinski definition) is 5. The Morgan fingerprint density at radius 2 is 1.83 bits per heavy atom. The average molecular weight is 485 g/mol. The Kier molecular flexibility index (Phi) is 10.2. The van der Waals surface area contributed by atoms with E-state index in [9.17, 15) is 14.0 Å². The minimum absolute atomic E-state index is 0.0607. The van der Waals surface area contributed by atoms with E-state index < -0.39 is 5.82 Å². The summed E-state index contributed by atoms with van der Waals surface area (Å²) in [7, 11) is 1.49. The third-order valence-electron chi connectivity index (χ3n) is 6.06. The van der Waals surface area contributed by atoms with Gasteiger partial charge in [-0.3, -0.25) is 14.6 Å². The summed E-state index contributed by atoms with van der Waals surface area (Å²) in [5.74, 6) is -0.129. The molecule has 1 aliphatic heterocycles. The van der Waals surface area contributed by atoms with Crippen LogP contribution in [0.2, 0.25) is 0 Å². The van der Waals surface area contributed by atoms with Crippen molar-refractivity contribution in [1.29, 1.82) is 0 Å². The van der Waals surface area contributed by atoms with Gasteiger partial charge < -0.3 is 19.4 Å². The molecule has 2 aromatic rings. The first kappa shape index (κ1) is 26.8. The zero-order valence-corrected chi connectivity index (χ0v) is 21.1. The first-order valence-corrected chi connectivity index (χ1v) is 12.3. The van der Waals surface area contributed by atoms with Gasteiger partial charge in [0, 0.05) is 50.9 Å². The van der Waals surface area contributed by atoms with E-state index in [2.05, 4.69) is 23.7 Å². The van der Waals surface area contributed by atoms with Gasteiger partial charge in [0.15, 0.2) is 0 Å². The standard InChI is InChI=1S/C27H37FN4O3/c1-21(2)18-30-12-6-14-31(26(33)17-24-8-4-5-11-29-24)19-22-16-23(28)9-10-25(22)32(15-7-13-30)27(34)20-35-3/h4-5,8-11,16,21H,6-7,12-15,17-20H2,1-3H3. The Hall–Kier alpha value is -2.84. The molecule has 190 valence electrons. The van der Waals surface area contributed by atoms with Crippen LogP contribution in [0.1, 0.15) is 37.9 Å². The molecule has 0 aliphatic carbocycles. The Labute approximate surface area is 207 Å². The topological polar surface area (TPSA) is 66.0 Å². The van der Waals surface area contributed by atoms with Gasteiger partial charge >= 0.3 is 0 Å². The Bertz CT molecular complexity index is 970. The highest BCUT2D eigenvalue weighted by Crippen LogP contribution is 2.25. The van der Waals surface area contributed by atoms with Crippen LogP contribution in [0.4, 0.5) is 10.1 Å². The number of methoxy groups -OCH3 is 1. The maximum absolute atomic E-state index is 14.3. The smallest absolute Gasteiger partial charge is 0.252 e. The molecule has 0 saturated heterocycles. The van der Waals surface area contributed by atoms with Crippen molar-refractivity contribution in [3.05, 3.63) is 59.7 Å². The van der Waals surface area contributed by atoms with Crippen LogP contribution in [0.5, 0.6) is 0 Å². The van der Waals surface area contributed by atoms with E-state index in [4.69, 9.17) is 4.74 Å². The summed E-state index contributed by atoms with van der Waals surface area (Å²) in [4.78, 5) is 36.5. The number of rotatable bonds is 6. The molecule has 0 saturated carbocycles. The van der Waals surface area contributed by atoms with Crippen molar-refractivity contribution in [3.8, 4) is 0 Å². The monoisotopic (exact) mass is 484 g/mol. The van der Waals surface area contributed by atoms with E-state index in [0.29, 0.717) is 36.0 Å². The van der Waals surface area contributed by atoms with Gasteiger partial charge in [-0.2, -0.15) is 0 Å². The molecule has 1 aliphatic rings. The summed E-state index contributed by atoms with van der Waals surface area (Å²) >= 11 is 0. The largest absolute Gasteiger partial charge is 0.375 e. The van der Waals surface area contributed by atoms with Crippen molar-refractivity contribution < 1.29 is 18.7 Å². The van der Waals surface area contributed by atoms with Crippen molar-refractivity contribution >= 4 is 17.5 Å². The van der Waals surface area contributed by atoms with Gasteiger partial charge in [-0.25, -0.2) is 4.39 Å². The minimum atomic E-state index is -0.393. The highest BCUT2D eigenvalue weighted by molar-refractivity contribution is 5.95. The van der Waals surface area contributed by atoms with Crippen molar-refractivity contribution in [2.75, 3.05) is 51.3 Å². The molecule has 1 aromatic carbocycles. The number of amides is 2. The fourth-order valence-corrected chi connectivity index (χ4v) is 4.54. The molecule has 35 heavy (non-hydrogen) atoms. The number of fused-ring (bicyclic) bond motifs is 1. The molecular formula is C27H37FN4O3. The maximum atomic E-state index is 14.3. The lowest BCUT2D eigenvalue weighted by Gasteiger charge is -2.32. The summed E-state index contributed by atoms with van der Waals surface area (Å²) in [5.41, 5.74) is 1.94. The number of hydrogen-bond donors (Lipinski definition) is 0. The van der Waals surface area contributed by atoms with Crippen molar-refractivity contribution in [1.82, 2.24) is 14.8 Å². The van der Waals surface area contributed by atoms with Crippen LogP contribution < -0.4 is 4.90 Å². The van der Waals surface area contributed by atoms with Crippen molar-refractivity contribution in [2.45, 2.75) is 39.7 Å². The first-order chi connectivity index (χ1) is 16.9. The average Bonchev–Trinajstić information content (AvgIpc) is 2.81. The molecule has 2 heterocycles. The SMILES string of the molecule is COCC(=O)N1CCCN(CC(C)C)CCCN(C(=O)Cc2ccccn2)Cc2cc(F)ccc21. The Morgan fingerprint density at radius 1 is 1.06 bits per heavy atom. The third-order valence-corrected chi connectivity index (χ3v) is 6.06. The Morgan fingerprint density at radius 3 is 2.51 bits per heavy atom. The predicted molar refractivity (Wildman–Crippen MR) is 134 cm³/mol. The predicted octanol–water partition coefficient (Wildman–Crippen LogP) is 3.52. The lowest BCUT2D eigenvalue weighted by molar-refractivity contribution is -0.131. The lowest BCUT2D eigenvalue weighted by atomic mass is 10.1. The molecule has 0 atom stereocenters. The molecule has 0 spiro atoms. The van der Waals surface area contributed by atoms with Crippen LogP contribution in [-0.4, -0.2) is 73.0 Å². The van der Waals surface area contributed by atoms with Gasteiger partial charge in [0.1, 0.15) is 12.4 Å². The number of benzene rings is 1. The van der Waals surface area contributed by atoms with Gasteiger partial charge in [-0.1, -0.05) is 19.9 Å². The molecule has 7 nitrogen and oxygen atoms in total. The number of pyridine rings is 1. The van der Waals surface area contributed by atoms with E-state index in [-0.39, 0.29) is 31.4 Å². The van der Waals surface area contributed by atoms with Crippen LogP contribution >= 0.6 is 0 Å². The van der Waals surface area contributed by atoms with Crippen LogP contribution in [0.15, 0.2) is 42.6 Å². The van der Waals surface area contributed by atoms with E-state index in [1.807, 2.05) is 18.2 Å². The van der Waals surface area contributed by atoms with Gasteiger partial charge in [0.25, 0.3) is 5.91 Å². The highest BCUT2D eigenvalue weighted by atomic mass is 19.1. The van der Waals surface area contributed by atoms with Gasteiger partial charge in [0.2, 0.25) is 5.91 Å². The van der Waals surface area contributed by atoms with Gasteiger partial charge in [-0.05, 0) is 67.7 Å². The van der Waals surface area contributed by atoms with Gasteiger partial charge in [0.05, 0.1) is 6.42 Å². The quantitative estimate of drug-likeness (QED) is 0.628. The van der Waals surface area contributed by atoms with Crippen molar-refractivity contribution in [2.24, 2.45) is 5.92 Å². The van der Waals surface area contributed by atoms with Crippen molar-refractivity contribution in [3.63, 3.8) is 0 Å². The molecule has 8 heteroatoms. The summed E-state index contributed by atoms with van der Waals surface area (Å²) in [6.45, 7) is 8.24. The number of halogens is 1. The number of carbonyl (C=O) groups is 2. The number of carbonyl (C=O) groups excluding carboxylic acids is 2. The molecule has 1 aromatic heterocycles. The fourth-order valence-electron chi connectivity index (χ4n) is 4.54. The van der Waals surface area contributed by atoms with E-state index >= 15 is 0 Å². The Balaban J connectivity index is 1.94. The number of ether oxygens (including phenoxy) is 1. The number of aromatic nitrogens is 1. The molecular weight excluding hydrogens is 447 g/mol. The first-order valence-electron chi connectivity index (χ1n) is 12.3. The van der Waals surface area contributed by atoms with Crippen LogP contribution in [0.3, 0.4) is 0 Å². The van der Waals surface area contributed by atoms with Crippen LogP contribution in [0, 0.1) is 11.7 Å². The normalized spacial score (nSPS) is 15.9. The third kappa shape index (κ3) is 8.11. The van der Waals surface area contributed by atoms with E-state index in [1.165, 1.54) is 19.2 Å². The summed E-state index contributed by atoms with van der Waals surface area (Å²) in [6.07, 6.45) is 3.46. The zero-order valence-electron chi connectivity index (χ0n) is 21.1. The second-order valence-electron chi connectivity index (χ2n) is 9.47. The molecule has 0 radical (unpaired) electrons. The number of anilines is 1. The lowest BCUT2D eigenvalue weighted by Crippen LogP contribution is -2.41. The fraction of sp³-hybridized carbons (Fsp3) is 0.519. The molecule has 0 unspecified atom stereocenters. The summed E-state index contributed by atoms with van der Waals surface area (Å²) < 4.78 is 19.5. The molecule has 0 N–H and O–H groups in total. The molecule has 0 bridgehead atoms. The summed E-state index contributed by atoms with van der Waals surface area (Å²) in [6, 6.07) is 9.94. The second-order valence-corrected chi connectivity index (χ2v) is 9.47. The van der Waals surface area contributed by atoms with Crippen LogP contribution in [-0.2, 0) is 27.3 Å². The highest BCUT2D eigenvalue weighted by Gasteiger charge is 2.24. The van der Waals surface area contributed by atoms with E-state index in [1.54, 1.807) is 22.1 Å². The number of nitrogens with zero attached hydrogens (tertiary/aromatic N) is 4. The van der Waals surface area contributed by atoms with Gasteiger partial charge in [-0.15, -0.1) is 0 Å². The molecule has 2 amide bonds. The zero-order chi connectivity index (χ0) is 25.2. The molecule has 0 fully saturated rings. The van der Waals surface area contributed by atoms with Crippen LogP contribution in [0.25, 0.3) is 0 Å². The molecule has 3 rings (SSSR count). The minimum Gasteiger partial charge on any atom is -0.375 e. The van der Waals surface area contributed by atoms with E-state index in [0.717, 1.165) is 32.5 Å². The summed E-state index contributed by atoms with van der Waals surface area (Å²) in [5, 5.41) is 0.